The van der Waals surface area contributed by atoms with Gasteiger partial charge in [0.2, 0.25) is 11.5 Å². The number of aliphatic imine (C=N–C) groups is 3. The van der Waals surface area contributed by atoms with Gasteiger partial charge in [-0.3, -0.25) is 5.41 Å². The average molecular weight is 399 g/mol. The molecule has 0 amide bonds. The number of nitrogens with one attached hydrogen (secondary N) is 1. The molecule has 4 rings (SSSR count). The normalized spacial score (nSPS) is 22.5. The van der Waals surface area contributed by atoms with Crippen molar-refractivity contribution in [1.29, 1.82) is 5.41 Å². The zero-order chi connectivity index (χ0) is 19.2. The number of rotatable bonds is 2. The van der Waals surface area contributed by atoms with E-state index in [1.165, 1.54) is 5.56 Å². The van der Waals surface area contributed by atoms with Gasteiger partial charge in [0.15, 0.2) is 5.84 Å². The average Bonchev–Trinajstić information content (AvgIpc) is 3.16. The Labute approximate surface area is 166 Å². The monoisotopic (exact) mass is 398 g/mol. The summed E-state index contributed by atoms with van der Waals surface area (Å²) in [6.45, 7) is 0. The van der Waals surface area contributed by atoms with E-state index in [1.807, 2.05) is 18.2 Å². The number of halogens is 2. The van der Waals surface area contributed by atoms with Gasteiger partial charge in [0, 0.05) is 10.0 Å². The molecule has 2 aliphatic rings. The zero-order valence-electron chi connectivity index (χ0n) is 14.2. The summed E-state index contributed by atoms with van der Waals surface area (Å²) in [4.78, 5) is 13.4. The van der Waals surface area contributed by atoms with E-state index in [4.69, 9.17) is 45.1 Å². The predicted octanol–water partition coefficient (Wildman–Crippen LogP) is 3.29. The third-order valence-electron chi connectivity index (χ3n) is 4.70. The van der Waals surface area contributed by atoms with Gasteiger partial charge in [-0.2, -0.15) is 4.99 Å². The summed E-state index contributed by atoms with van der Waals surface area (Å²) in [5.74, 6) is 0.000122. The van der Waals surface area contributed by atoms with Gasteiger partial charge >= 0.3 is 0 Å². The van der Waals surface area contributed by atoms with Crippen LogP contribution in [-0.4, -0.2) is 23.3 Å². The lowest BCUT2D eigenvalue weighted by Crippen LogP contribution is -2.44. The Morgan fingerprint density at radius 3 is 2.52 bits per heavy atom. The maximum atomic E-state index is 8.24. The SMILES string of the molecule is N=C(N)C1(c2cc(Cl)cc(Cl)c2)N=C(N)N=C1N=C1CCc2ccccc21. The predicted molar refractivity (Wildman–Crippen MR) is 110 cm³/mol. The van der Waals surface area contributed by atoms with Gasteiger partial charge < -0.3 is 11.5 Å². The van der Waals surface area contributed by atoms with Crippen molar-refractivity contribution in [1.82, 2.24) is 0 Å². The maximum Gasteiger partial charge on any atom is 0.219 e. The van der Waals surface area contributed by atoms with Crippen LogP contribution in [0.25, 0.3) is 0 Å². The fourth-order valence-corrected chi connectivity index (χ4v) is 4.01. The Bertz CT molecular complexity index is 1040. The summed E-state index contributed by atoms with van der Waals surface area (Å²) in [6, 6.07) is 13.0. The van der Waals surface area contributed by atoms with E-state index in [1.54, 1.807) is 18.2 Å². The van der Waals surface area contributed by atoms with Crippen molar-refractivity contribution >= 4 is 46.5 Å². The molecule has 1 aliphatic carbocycles. The van der Waals surface area contributed by atoms with Crippen molar-refractivity contribution in [2.75, 3.05) is 0 Å². The minimum absolute atomic E-state index is 0.00642. The van der Waals surface area contributed by atoms with Gasteiger partial charge in [0.05, 0.1) is 5.71 Å². The van der Waals surface area contributed by atoms with Crippen LogP contribution in [0.3, 0.4) is 0 Å². The van der Waals surface area contributed by atoms with E-state index in [0.717, 1.165) is 24.1 Å². The van der Waals surface area contributed by atoms with E-state index in [2.05, 4.69) is 16.1 Å². The summed E-state index contributed by atoms with van der Waals surface area (Å²) in [5, 5.41) is 9.04. The molecular weight excluding hydrogens is 383 g/mol. The van der Waals surface area contributed by atoms with Crippen LogP contribution in [0.15, 0.2) is 57.4 Å². The second-order valence-electron chi connectivity index (χ2n) is 6.40. The molecule has 2 aromatic carbocycles. The second kappa shape index (κ2) is 6.48. The molecule has 1 atom stereocenters. The first-order valence-electron chi connectivity index (χ1n) is 8.31. The van der Waals surface area contributed by atoms with Gasteiger partial charge in [-0.15, -0.1) is 0 Å². The van der Waals surface area contributed by atoms with Crippen molar-refractivity contribution in [3.05, 3.63) is 69.2 Å². The van der Waals surface area contributed by atoms with Crippen LogP contribution in [-0.2, 0) is 12.0 Å². The maximum absolute atomic E-state index is 8.24. The lowest BCUT2D eigenvalue weighted by molar-refractivity contribution is 0.805. The molecule has 6 nitrogen and oxygen atoms in total. The Balaban J connectivity index is 1.89. The number of nitrogens with two attached hydrogens (primary N) is 2. The van der Waals surface area contributed by atoms with Crippen LogP contribution in [0.1, 0.15) is 23.1 Å². The Morgan fingerprint density at radius 1 is 1.11 bits per heavy atom. The number of aryl methyl sites for hydroxylation is 1. The smallest absolute Gasteiger partial charge is 0.219 e. The molecule has 0 bridgehead atoms. The topological polar surface area (TPSA) is 113 Å². The van der Waals surface area contributed by atoms with Crippen molar-refractivity contribution in [2.45, 2.75) is 18.4 Å². The molecule has 0 aromatic heterocycles. The fourth-order valence-electron chi connectivity index (χ4n) is 3.49. The summed E-state index contributed by atoms with van der Waals surface area (Å²) in [5.41, 5.74) is 14.1. The largest absolute Gasteiger partial charge is 0.385 e. The van der Waals surface area contributed by atoms with Gasteiger partial charge in [0.25, 0.3) is 0 Å². The fraction of sp³-hybridized carbons (Fsp3) is 0.158. The summed E-state index contributed by atoms with van der Waals surface area (Å²) < 4.78 is 0. The summed E-state index contributed by atoms with van der Waals surface area (Å²) in [7, 11) is 0. The Morgan fingerprint density at radius 2 is 1.81 bits per heavy atom. The number of amidine groups is 2. The van der Waals surface area contributed by atoms with E-state index in [0.29, 0.717) is 15.6 Å². The van der Waals surface area contributed by atoms with Crippen LogP contribution in [0.4, 0.5) is 0 Å². The molecular formula is C19H16Cl2N6. The lowest BCUT2D eigenvalue weighted by Gasteiger charge is -2.25. The highest BCUT2D eigenvalue weighted by molar-refractivity contribution is 6.35. The standard InChI is InChI=1S/C19H16Cl2N6/c20-12-7-11(8-13(21)9-12)19(16(22)23)17(26-18(24)27-19)25-15-6-5-10-3-1-2-4-14(10)15/h1-4,7-9H,5-6H2,(H3,22,23)(H2,24,27). The highest BCUT2D eigenvalue weighted by atomic mass is 35.5. The molecule has 0 saturated carbocycles. The first kappa shape index (κ1) is 17.7. The third-order valence-corrected chi connectivity index (χ3v) is 5.13. The second-order valence-corrected chi connectivity index (χ2v) is 7.28. The Kier molecular flexibility index (Phi) is 4.25. The van der Waals surface area contributed by atoms with Gasteiger partial charge in [-0.05, 0) is 47.7 Å². The molecule has 0 spiro atoms. The molecule has 8 heteroatoms. The van der Waals surface area contributed by atoms with Crippen molar-refractivity contribution in [3.63, 3.8) is 0 Å². The molecule has 0 fully saturated rings. The minimum Gasteiger partial charge on any atom is -0.385 e. The number of guanidine groups is 1. The molecule has 1 heterocycles. The van der Waals surface area contributed by atoms with Crippen molar-refractivity contribution in [2.24, 2.45) is 26.4 Å². The summed E-state index contributed by atoms with van der Waals surface area (Å²) >= 11 is 12.3. The van der Waals surface area contributed by atoms with Gasteiger partial charge in [0.1, 0.15) is 5.84 Å². The highest BCUT2D eigenvalue weighted by Crippen LogP contribution is 2.36. The molecule has 0 radical (unpaired) electrons. The van der Waals surface area contributed by atoms with Crippen LogP contribution >= 0.6 is 23.2 Å². The van der Waals surface area contributed by atoms with Crippen LogP contribution < -0.4 is 11.5 Å². The van der Waals surface area contributed by atoms with Crippen LogP contribution in [0, 0.1) is 5.41 Å². The van der Waals surface area contributed by atoms with E-state index >= 15 is 0 Å². The number of nitrogens with zero attached hydrogens (tertiary/aromatic N) is 3. The quantitative estimate of drug-likeness (QED) is 0.532. The third kappa shape index (κ3) is 2.91. The number of hydrogen-bond acceptors (Lipinski definition) is 5. The number of fused-ring (bicyclic) bond motifs is 1. The molecule has 1 unspecified atom stereocenters. The minimum atomic E-state index is -1.44. The molecule has 5 N–H and O–H groups in total. The molecule has 27 heavy (non-hydrogen) atoms. The summed E-state index contributed by atoms with van der Waals surface area (Å²) in [6.07, 6.45) is 1.66. The van der Waals surface area contributed by atoms with Crippen molar-refractivity contribution in [3.8, 4) is 0 Å². The zero-order valence-corrected chi connectivity index (χ0v) is 15.7. The first-order valence-corrected chi connectivity index (χ1v) is 9.07. The van der Waals surface area contributed by atoms with Gasteiger partial charge in [-0.25, -0.2) is 9.98 Å². The van der Waals surface area contributed by atoms with E-state index < -0.39 is 5.54 Å². The molecule has 136 valence electrons. The molecule has 0 saturated heterocycles. The molecule has 2 aromatic rings. The van der Waals surface area contributed by atoms with E-state index in [-0.39, 0.29) is 17.6 Å². The van der Waals surface area contributed by atoms with Crippen LogP contribution in [0.2, 0.25) is 10.0 Å². The number of benzene rings is 2. The lowest BCUT2D eigenvalue weighted by atomic mass is 9.88. The number of hydrogen-bond donors (Lipinski definition) is 3. The van der Waals surface area contributed by atoms with Gasteiger partial charge in [-0.1, -0.05) is 47.5 Å². The van der Waals surface area contributed by atoms with Crippen molar-refractivity contribution < 1.29 is 0 Å². The highest BCUT2D eigenvalue weighted by Gasteiger charge is 2.46. The molecule has 1 aliphatic heterocycles. The van der Waals surface area contributed by atoms with Crippen LogP contribution in [0.5, 0.6) is 0 Å². The van der Waals surface area contributed by atoms with E-state index in [9.17, 15) is 0 Å². The Hall–Kier alpha value is -2.70. The first-order chi connectivity index (χ1) is 12.9.